The Balaban J connectivity index is 2.30. The van der Waals surface area contributed by atoms with Gasteiger partial charge in [-0.3, -0.25) is 4.79 Å². The molecule has 3 rings (SSSR count). The summed E-state index contributed by atoms with van der Waals surface area (Å²) in [4.78, 5) is 12.2. The highest BCUT2D eigenvalue weighted by molar-refractivity contribution is 6.25. The molecule has 16 heavy (non-hydrogen) atoms. The molecule has 0 saturated heterocycles. The second kappa shape index (κ2) is 3.16. The molecule has 0 saturated carbocycles. The van der Waals surface area contributed by atoms with Crippen molar-refractivity contribution in [1.82, 2.24) is 0 Å². The van der Waals surface area contributed by atoms with Crippen LogP contribution in [0.1, 0.15) is 15.9 Å². The van der Waals surface area contributed by atoms with Gasteiger partial charge in [0.25, 0.3) is 5.78 Å². The number of Topliss-reactive ketones (excluding diaryl/α,β-unsaturated/α-hetero) is 1. The number of allylic oxidation sites excluding steroid dienone is 6. The minimum Gasteiger partial charge on any atom is -0.496 e. The Kier molecular flexibility index (Phi) is 1.79. The molecule has 1 aromatic rings. The van der Waals surface area contributed by atoms with E-state index in [9.17, 15) is 4.79 Å². The van der Waals surface area contributed by atoms with Crippen LogP contribution < -0.4 is 4.74 Å². The first-order chi connectivity index (χ1) is 7.83. The normalized spacial score (nSPS) is 15.9. The van der Waals surface area contributed by atoms with Gasteiger partial charge in [-0.05, 0) is 6.07 Å². The quantitative estimate of drug-likeness (QED) is 0.664. The number of hydrogen-bond acceptors (Lipinski definition) is 2. The lowest BCUT2D eigenvalue weighted by atomic mass is 10.0. The highest BCUT2D eigenvalue weighted by Gasteiger charge is 2.36. The van der Waals surface area contributed by atoms with Gasteiger partial charge in [0.05, 0.1) is 18.7 Å². The average molecular weight is 209 g/mol. The fraction of sp³-hybridized carbons (Fsp3) is 0.0714. The van der Waals surface area contributed by atoms with E-state index in [0.29, 0.717) is 16.9 Å². The molecule has 0 fully saturated rings. The average Bonchev–Trinajstić information content (AvgIpc) is 2.64. The van der Waals surface area contributed by atoms with Gasteiger partial charge in [0, 0.05) is 11.6 Å². The number of benzene rings is 1. The zero-order valence-corrected chi connectivity index (χ0v) is 8.78. The van der Waals surface area contributed by atoms with E-state index in [1.54, 1.807) is 13.2 Å². The smallest absolute Gasteiger partial charge is 0.253 e. The van der Waals surface area contributed by atoms with Crippen LogP contribution in [0.15, 0.2) is 42.0 Å². The fourth-order valence-corrected chi connectivity index (χ4v) is 2.15. The van der Waals surface area contributed by atoms with Crippen LogP contribution in [0.25, 0.3) is 5.57 Å². The summed E-state index contributed by atoms with van der Waals surface area (Å²) in [7, 11) is 1.58. The molecule has 0 aliphatic heterocycles. The topological polar surface area (TPSA) is 26.3 Å². The van der Waals surface area contributed by atoms with Gasteiger partial charge in [-0.25, -0.2) is 0 Å². The molecule has 0 amide bonds. The number of methoxy groups -OCH3 is 1. The van der Waals surface area contributed by atoms with E-state index in [2.05, 4.69) is 6.08 Å². The second-order valence-electron chi connectivity index (χ2n) is 3.68. The summed E-state index contributed by atoms with van der Waals surface area (Å²) in [6, 6.07) is 5.66. The Morgan fingerprint density at radius 2 is 2.12 bits per heavy atom. The van der Waals surface area contributed by atoms with Crippen molar-refractivity contribution >= 4 is 11.4 Å². The molecule has 0 heterocycles. The van der Waals surface area contributed by atoms with Gasteiger partial charge in [0.1, 0.15) is 29.0 Å². The van der Waals surface area contributed by atoms with E-state index in [-0.39, 0.29) is 5.78 Å². The minimum absolute atomic E-state index is 0.0271. The summed E-state index contributed by atoms with van der Waals surface area (Å²) < 4.78 is 5.23. The third-order valence-corrected chi connectivity index (χ3v) is 2.87. The maximum absolute atomic E-state index is 12.2. The Hall–Kier alpha value is -2.18. The SMILES string of the molecule is COc1cccc2c1C(=O)C1=C2C=C[C+]=C1. The highest BCUT2D eigenvalue weighted by atomic mass is 16.5. The van der Waals surface area contributed by atoms with E-state index < -0.39 is 0 Å². The number of ether oxygens (including phenoxy) is 1. The highest BCUT2D eigenvalue weighted by Crippen LogP contribution is 2.40. The van der Waals surface area contributed by atoms with Crippen molar-refractivity contribution in [3.8, 4) is 5.75 Å². The lowest BCUT2D eigenvalue weighted by Crippen LogP contribution is -2.00. The van der Waals surface area contributed by atoms with Crippen LogP contribution in [0, 0.1) is 6.08 Å². The lowest BCUT2D eigenvalue weighted by molar-refractivity contribution is 0.103. The molecule has 0 N–H and O–H groups in total. The Labute approximate surface area is 93.5 Å². The monoisotopic (exact) mass is 209 g/mol. The van der Waals surface area contributed by atoms with E-state index >= 15 is 0 Å². The van der Waals surface area contributed by atoms with Gasteiger partial charge in [0.2, 0.25) is 0 Å². The summed E-state index contributed by atoms with van der Waals surface area (Å²) in [5.74, 6) is 0.665. The maximum Gasteiger partial charge on any atom is 0.253 e. The van der Waals surface area contributed by atoms with Crippen molar-refractivity contribution in [3.05, 3.63) is 59.2 Å². The summed E-state index contributed by atoms with van der Waals surface area (Å²) in [6.45, 7) is 0. The van der Waals surface area contributed by atoms with Crippen LogP contribution in [-0.4, -0.2) is 12.9 Å². The molecule has 2 aliphatic carbocycles. The molecule has 0 atom stereocenters. The van der Waals surface area contributed by atoms with Crippen molar-refractivity contribution in [1.29, 1.82) is 0 Å². The zero-order valence-electron chi connectivity index (χ0n) is 8.78. The van der Waals surface area contributed by atoms with Crippen LogP contribution >= 0.6 is 0 Å². The molecule has 0 aromatic heterocycles. The first-order valence-corrected chi connectivity index (χ1v) is 5.05. The number of fused-ring (bicyclic) bond motifs is 2. The van der Waals surface area contributed by atoms with Gasteiger partial charge in [-0.2, -0.15) is 0 Å². The van der Waals surface area contributed by atoms with Gasteiger partial charge in [-0.15, -0.1) is 0 Å². The van der Waals surface area contributed by atoms with Crippen LogP contribution in [0.3, 0.4) is 0 Å². The van der Waals surface area contributed by atoms with Crippen molar-refractivity contribution in [3.63, 3.8) is 0 Å². The third-order valence-electron chi connectivity index (χ3n) is 2.87. The first-order valence-electron chi connectivity index (χ1n) is 5.05. The Morgan fingerprint density at radius 3 is 2.94 bits per heavy atom. The predicted octanol–water partition coefficient (Wildman–Crippen LogP) is 2.57. The molecule has 1 aromatic carbocycles. The molecule has 76 valence electrons. The van der Waals surface area contributed by atoms with Crippen LogP contribution in [-0.2, 0) is 0 Å². The number of carbonyl (C=O) groups excluding carboxylic acids is 1. The van der Waals surface area contributed by atoms with E-state index in [0.717, 1.165) is 11.1 Å². The van der Waals surface area contributed by atoms with Crippen molar-refractivity contribution < 1.29 is 9.53 Å². The minimum atomic E-state index is 0.0271. The zero-order chi connectivity index (χ0) is 11.1. The molecule has 0 bridgehead atoms. The number of ketones is 1. The largest absolute Gasteiger partial charge is 0.496 e. The summed E-state index contributed by atoms with van der Waals surface area (Å²) in [5.41, 5.74) is 3.30. The molecule has 2 aliphatic rings. The van der Waals surface area contributed by atoms with E-state index in [1.807, 2.05) is 30.4 Å². The van der Waals surface area contributed by atoms with Crippen LogP contribution in [0.5, 0.6) is 5.75 Å². The van der Waals surface area contributed by atoms with Crippen LogP contribution in [0.2, 0.25) is 0 Å². The Morgan fingerprint density at radius 1 is 1.25 bits per heavy atom. The lowest BCUT2D eigenvalue weighted by Gasteiger charge is -2.04. The molecule has 0 spiro atoms. The summed E-state index contributed by atoms with van der Waals surface area (Å²) in [6.07, 6.45) is 8.40. The molecular formula is C14H9O2+. The van der Waals surface area contributed by atoms with Gasteiger partial charge in [-0.1, -0.05) is 12.1 Å². The number of rotatable bonds is 1. The third kappa shape index (κ3) is 1.02. The first kappa shape index (κ1) is 9.08. The molecular weight excluding hydrogens is 200 g/mol. The van der Waals surface area contributed by atoms with Gasteiger partial charge >= 0.3 is 0 Å². The van der Waals surface area contributed by atoms with E-state index in [1.165, 1.54) is 0 Å². The molecule has 2 heteroatoms. The van der Waals surface area contributed by atoms with Gasteiger partial charge < -0.3 is 4.74 Å². The predicted molar refractivity (Wildman–Crippen MR) is 61.2 cm³/mol. The summed E-state index contributed by atoms with van der Waals surface area (Å²) in [5, 5.41) is 0. The number of hydrogen-bond donors (Lipinski definition) is 0. The molecule has 2 nitrogen and oxygen atoms in total. The number of carbonyl (C=O) groups is 1. The van der Waals surface area contributed by atoms with Gasteiger partial charge in [0.15, 0.2) is 0 Å². The van der Waals surface area contributed by atoms with Crippen LogP contribution in [0.4, 0.5) is 0 Å². The standard InChI is InChI=1S/C14H9O2/c1-16-12-8-4-7-10-9-5-2-3-6-11(9)14(15)13(10)12/h2,4-8H,1H3/q+1. The fourth-order valence-electron chi connectivity index (χ4n) is 2.15. The molecule has 0 unspecified atom stereocenters. The van der Waals surface area contributed by atoms with Crippen molar-refractivity contribution in [2.24, 2.45) is 0 Å². The molecule has 0 radical (unpaired) electrons. The second-order valence-corrected chi connectivity index (χ2v) is 3.68. The summed E-state index contributed by atoms with van der Waals surface area (Å²) >= 11 is 0. The maximum atomic E-state index is 12.2. The van der Waals surface area contributed by atoms with Crippen molar-refractivity contribution in [2.75, 3.05) is 7.11 Å². The Bertz CT molecular complexity index is 574. The van der Waals surface area contributed by atoms with E-state index in [4.69, 9.17) is 4.74 Å². The van der Waals surface area contributed by atoms with Crippen molar-refractivity contribution in [2.45, 2.75) is 0 Å².